The Hall–Kier alpha value is -2.57. The Morgan fingerprint density at radius 2 is 2.06 bits per heavy atom. The lowest BCUT2D eigenvalue weighted by Crippen LogP contribution is -2.32. The predicted molar refractivity (Wildman–Crippen MR) is 66.2 cm³/mol. The van der Waals surface area contributed by atoms with Crippen molar-refractivity contribution in [3.05, 3.63) is 29.8 Å². The maximum absolute atomic E-state index is 11.7. The van der Waals surface area contributed by atoms with Crippen LogP contribution in [0.1, 0.15) is 17.3 Å². The van der Waals surface area contributed by atoms with Crippen LogP contribution in [-0.4, -0.2) is 22.9 Å². The molecule has 0 saturated heterocycles. The molecule has 96 valence electrons. The van der Waals surface area contributed by atoms with Gasteiger partial charge in [-0.1, -0.05) is 11.2 Å². The fourth-order valence-corrected chi connectivity index (χ4v) is 1.22. The zero-order chi connectivity index (χ0) is 13.7. The zero-order valence-electron chi connectivity index (χ0n) is 9.75. The van der Waals surface area contributed by atoms with Crippen LogP contribution in [0, 0.1) is 5.92 Å². The third kappa shape index (κ3) is 3.21. The Morgan fingerprint density at radius 1 is 1.39 bits per heavy atom. The molecule has 1 unspecified atom stereocenters. The number of benzene rings is 1. The van der Waals surface area contributed by atoms with Gasteiger partial charge < -0.3 is 22.0 Å². The first-order valence-corrected chi connectivity index (χ1v) is 5.14. The highest BCUT2D eigenvalue weighted by molar-refractivity contribution is 6.07. The molecule has 0 aliphatic carbocycles. The fourth-order valence-electron chi connectivity index (χ4n) is 1.22. The van der Waals surface area contributed by atoms with Gasteiger partial charge >= 0.3 is 0 Å². The number of carbonyl (C=O) groups is 2. The fraction of sp³-hybridized carbons (Fsp3) is 0.182. The van der Waals surface area contributed by atoms with Crippen LogP contribution in [0.2, 0.25) is 0 Å². The quantitative estimate of drug-likeness (QED) is 0.261. The van der Waals surface area contributed by atoms with Gasteiger partial charge in [0.1, 0.15) is 0 Å². The number of hydrogen-bond donors (Lipinski definition) is 4. The molecule has 0 heterocycles. The minimum atomic E-state index is -0.785. The van der Waals surface area contributed by atoms with Crippen molar-refractivity contribution < 1.29 is 14.8 Å². The second-order valence-electron chi connectivity index (χ2n) is 3.68. The Balaban J connectivity index is 2.82. The molecular weight excluding hydrogens is 236 g/mol. The van der Waals surface area contributed by atoms with Crippen LogP contribution in [0.25, 0.3) is 0 Å². The van der Waals surface area contributed by atoms with Gasteiger partial charge in [-0.3, -0.25) is 9.59 Å². The maximum atomic E-state index is 11.7. The van der Waals surface area contributed by atoms with Gasteiger partial charge in [-0.25, -0.2) is 0 Å². The number of carbonyl (C=O) groups excluding carboxylic acids is 2. The molecule has 0 spiro atoms. The van der Waals surface area contributed by atoms with E-state index in [1.807, 2.05) is 0 Å². The van der Waals surface area contributed by atoms with Gasteiger partial charge in [-0.15, -0.1) is 0 Å². The van der Waals surface area contributed by atoms with E-state index in [1.54, 1.807) is 12.1 Å². The third-order valence-electron chi connectivity index (χ3n) is 2.37. The van der Waals surface area contributed by atoms with E-state index in [4.69, 9.17) is 16.7 Å². The van der Waals surface area contributed by atoms with Gasteiger partial charge in [0.15, 0.2) is 5.84 Å². The molecule has 1 aromatic carbocycles. The highest BCUT2D eigenvalue weighted by atomic mass is 16.4. The summed E-state index contributed by atoms with van der Waals surface area (Å²) in [6.45, 7) is 1.49. The molecule has 2 amide bonds. The van der Waals surface area contributed by atoms with Gasteiger partial charge in [0.25, 0.3) is 0 Å². The maximum Gasteiger partial charge on any atom is 0.248 e. The minimum Gasteiger partial charge on any atom is -0.409 e. The third-order valence-corrected chi connectivity index (χ3v) is 2.37. The lowest BCUT2D eigenvalue weighted by Gasteiger charge is -2.11. The van der Waals surface area contributed by atoms with E-state index in [0.29, 0.717) is 5.69 Å². The number of nitrogens with one attached hydrogen (secondary N) is 1. The normalized spacial score (nSPS) is 12.8. The number of hydrogen-bond acceptors (Lipinski definition) is 4. The largest absolute Gasteiger partial charge is 0.409 e. The molecule has 0 aliphatic rings. The molecule has 0 bridgehead atoms. The topological polar surface area (TPSA) is 131 Å². The van der Waals surface area contributed by atoms with Crippen LogP contribution >= 0.6 is 0 Å². The van der Waals surface area contributed by atoms with Crippen molar-refractivity contribution >= 4 is 23.3 Å². The summed E-state index contributed by atoms with van der Waals surface area (Å²) in [6.07, 6.45) is 0. The number of nitrogens with zero attached hydrogens (tertiary/aromatic N) is 1. The number of nitrogens with two attached hydrogens (primary N) is 2. The number of oxime groups is 1. The summed E-state index contributed by atoms with van der Waals surface area (Å²) in [5.74, 6) is -2.02. The molecule has 0 aliphatic heterocycles. The first-order chi connectivity index (χ1) is 8.45. The van der Waals surface area contributed by atoms with Crippen LogP contribution in [0.15, 0.2) is 29.4 Å². The van der Waals surface area contributed by atoms with Crippen molar-refractivity contribution in [2.75, 3.05) is 5.32 Å². The first kappa shape index (κ1) is 13.5. The van der Waals surface area contributed by atoms with Crippen LogP contribution < -0.4 is 16.8 Å². The van der Waals surface area contributed by atoms with Crippen molar-refractivity contribution in [1.29, 1.82) is 0 Å². The van der Waals surface area contributed by atoms with E-state index in [9.17, 15) is 9.59 Å². The SMILES string of the molecule is CC(C(=O)Nc1cccc(C(N)=O)c1)/C(N)=N/O. The molecule has 0 fully saturated rings. The van der Waals surface area contributed by atoms with Crippen molar-refractivity contribution in [2.45, 2.75) is 6.92 Å². The Morgan fingerprint density at radius 3 is 2.61 bits per heavy atom. The second kappa shape index (κ2) is 5.67. The van der Waals surface area contributed by atoms with Crippen molar-refractivity contribution in [3.63, 3.8) is 0 Å². The molecule has 7 heteroatoms. The Labute approximate surface area is 103 Å². The van der Waals surface area contributed by atoms with E-state index < -0.39 is 17.7 Å². The molecule has 7 nitrogen and oxygen atoms in total. The van der Waals surface area contributed by atoms with E-state index in [1.165, 1.54) is 19.1 Å². The van der Waals surface area contributed by atoms with Crippen molar-refractivity contribution in [1.82, 2.24) is 0 Å². The number of anilines is 1. The smallest absolute Gasteiger partial charge is 0.248 e. The summed E-state index contributed by atoms with van der Waals surface area (Å²) in [5, 5.41) is 13.7. The highest BCUT2D eigenvalue weighted by Crippen LogP contribution is 2.11. The van der Waals surface area contributed by atoms with E-state index >= 15 is 0 Å². The lowest BCUT2D eigenvalue weighted by molar-refractivity contribution is -0.117. The molecule has 1 atom stereocenters. The average molecular weight is 250 g/mol. The molecule has 18 heavy (non-hydrogen) atoms. The van der Waals surface area contributed by atoms with Crippen LogP contribution in [-0.2, 0) is 4.79 Å². The zero-order valence-corrected chi connectivity index (χ0v) is 9.75. The molecular formula is C11H14N4O3. The van der Waals surface area contributed by atoms with Crippen LogP contribution in [0.4, 0.5) is 5.69 Å². The number of amidine groups is 1. The van der Waals surface area contributed by atoms with Gasteiger partial charge in [-0.2, -0.15) is 0 Å². The van der Waals surface area contributed by atoms with Crippen LogP contribution in [0.5, 0.6) is 0 Å². The summed E-state index contributed by atoms with van der Waals surface area (Å²) in [7, 11) is 0. The Bertz CT molecular complexity index is 499. The summed E-state index contributed by atoms with van der Waals surface area (Å²) < 4.78 is 0. The number of amides is 2. The molecule has 1 aromatic rings. The summed E-state index contributed by atoms with van der Waals surface area (Å²) in [5.41, 5.74) is 11.1. The second-order valence-corrected chi connectivity index (χ2v) is 3.68. The lowest BCUT2D eigenvalue weighted by atomic mass is 10.1. The molecule has 1 rings (SSSR count). The van der Waals surface area contributed by atoms with Gasteiger partial charge in [0.2, 0.25) is 11.8 Å². The van der Waals surface area contributed by atoms with E-state index in [2.05, 4.69) is 10.5 Å². The van der Waals surface area contributed by atoms with Crippen molar-refractivity contribution in [3.8, 4) is 0 Å². The first-order valence-electron chi connectivity index (χ1n) is 5.14. The summed E-state index contributed by atoms with van der Waals surface area (Å²) >= 11 is 0. The Kier molecular flexibility index (Phi) is 4.25. The molecule has 0 radical (unpaired) electrons. The van der Waals surface area contributed by atoms with Crippen molar-refractivity contribution in [2.24, 2.45) is 22.5 Å². The van der Waals surface area contributed by atoms with Gasteiger partial charge in [0.05, 0.1) is 5.92 Å². The average Bonchev–Trinajstić information content (AvgIpc) is 2.37. The number of rotatable bonds is 4. The van der Waals surface area contributed by atoms with E-state index in [0.717, 1.165) is 0 Å². The summed E-state index contributed by atoms with van der Waals surface area (Å²) in [6, 6.07) is 6.16. The monoisotopic (exact) mass is 250 g/mol. The van der Waals surface area contributed by atoms with Gasteiger partial charge in [0, 0.05) is 11.3 Å². The molecule has 0 saturated carbocycles. The highest BCUT2D eigenvalue weighted by Gasteiger charge is 2.17. The minimum absolute atomic E-state index is 0.196. The number of primary amides is 1. The standard InChI is InChI=1S/C11H14N4O3/c1-6(9(12)15-18)11(17)14-8-4-2-3-7(5-8)10(13)16/h2-6,18H,1H3,(H2,12,15)(H2,13,16)(H,14,17). The predicted octanol–water partition coefficient (Wildman–Crippen LogP) is 0.106. The summed E-state index contributed by atoms with van der Waals surface area (Å²) in [4.78, 5) is 22.7. The van der Waals surface area contributed by atoms with E-state index in [-0.39, 0.29) is 11.4 Å². The molecule has 0 aromatic heterocycles. The molecule has 6 N–H and O–H groups in total. The van der Waals surface area contributed by atoms with Crippen LogP contribution in [0.3, 0.4) is 0 Å². The van der Waals surface area contributed by atoms with Gasteiger partial charge in [-0.05, 0) is 25.1 Å².